The van der Waals surface area contributed by atoms with Crippen molar-refractivity contribution in [3.05, 3.63) is 22.4 Å². The molecule has 2 rings (SSSR count). The SMILES string of the molecule is FC(F)(F)c1cc(Br)ncc1OCCOC1CCCCO1. The predicted molar refractivity (Wildman–Crippen MR) is 72.0 cm³/mol. The fourth-order valence-electron chi connectivity index (χ4n) is 1.93. The molecule has 0 aliphatic carbocycles. The second kappa shape index (κ2) is 7.42. The molecule has 1 fully saturated rings. The van der Waals surface area contributed by atoms with Gasteiger partial charge in [-0.3, -0.25) is 0 Å². The molecule has 0 saturated carbocycles. The van der Waals surface area contributed by atoms with Gasteiger partial charge in [0.15, 0.2) is 6.29 Å². The average molecular weight is 370 g/mol. The first-order chi connectivity index (χ1) is 9.97. The van der Waals surface area contributed by atoms with E-state index in [0.717, 1.165) is 31.5 Å². The van der Waals surface area contributed by atoms with Crippen molar-refractivity contribution < 1.29 is 27.4 Å². The molecule has 0 N–H and O–H groups in total. The Morgan fingerprint density at radius 1 is 1.33 bits per heavy atom. The number of alkyl halides is 3. The molecule has 1 aromatic heterocycles. The zero-order chi connectivity index (χ0) is 15.3. The van der Waals surface area contributed by atoms with Crippen LogP contribution in [0.5, 0.6) is 5.75 Å². The first kappa shape index (κ1) is 16.5. The van der Waals surface area contributed by atoms with Crippen molar-refractivity contribution in [3.63, 3.8) is 0 Å². The predicted octanol–water partition coefficient (Wildman–Crippen LogP) is 3.78. The minimum atomic E-state index is -4.49. The van der Waals surface area contributed by atoms with Crippen LogP contribution >= 0.6 is 15.9 Å². The Bertz CT molecular complexity index is 464. The second-order valence-electron chi connectivity index (χ2n) is 4.52. The molecule has 8 heteroatoms. The highest BCUT2D eigenvalue weighted by atomic mass is 79.9. The van der Waals surface area contributed by atoms with Gasteiger partial charge in [0.1, 0.15) is 22.5 Å². The van der Waals surface area contributed by atoms with Crippen LogP contribution in [-0.2, 0) is 15.7 Å². The molecule has 1 atom stereocenters. The van der Waals surface area contributed by atoms with E-state index in [0.29, 0.717) is 6.61 Å². The smallest absolute Gasteiger partial charge is 0.420 e. The van der Waals surface area contributed by atoms with Gasteiger partial charge in [-0.05, 0) is 41.3 Å². The maximum Gasteiger partial charge on any atom is 0.420 e. The van der Waals surface area contributed by atoms with Crippen molar-refractivity contribution in [2.75, 3.05) is 19.8 Å². The molecule has 0 amide bonds. The summed E-state index contributed by atoms with van der Waals surface area (Å²) in [7, 11) is 0. The standard InChI is InChI=1S/C13H15BrF3NO3/c14-11-7-9(13(15,16)17)10(8-18-11)19-5-6-21-12-3-1-2-4-20-12/h7-8,12H,1-6H2. The van der Waals surface area contributed by atoms with Crippen molar-refractivity contribution >= 4 is 15.9 Å². The van der Waals surface area contributed by atoms with Gasteiger partial charge in [0.05, 0.1) is 12.8 Å². The quantitative estimate of drug-likeness (QED) is 0.584. The molecule has 4 nitrogen and oxygen atoms in total. The van der Waals surface area contributed by atoms with Crippen molar-refractivity contribution in [3.8, 4) is 5.75 Å². The maximum atomic E-state index is 12.8. The van der Waals surface area contributed by atoms with Crippen LogP contribution in [0.1, 0.15) is 24.8 Å². The zero-order valence-electron chi connectivity index (χ0n) is 11.2. The summed E-state index contributed by atoms with van der Waals surface area (Å²) < 4.78 is 54.5. The van der Waals surface area contributed by atoms with Crippen LogP contribution in [0.25, 0.3) is 0 Å². The molecule has 1 aromatic rings. The van der Waals surface area contributed by atoms with Gasteiger partial charge in [0.2, 0.25) is 0 Å². The number of nitrogens with zero attached hydrogens (tertiary/aromatic N) is 1. The van der Waals surface area contributed by atoms with Crippen molar-refractivity contribution in [1.82, 2.24) is 4.98 Å². The Morgan fingerprint density at radius 2 is 2.14 bits per heavy atom. The number of halogens is 4. The number of hydrogen-bond acceptors (Lipinski definition) is 4. The van der Waals surface area contributed by atoms with E-state index in [9.17, 15) is 13.2 Å². The lowest BCUT2D eigenvalue weighted by Crippen LogP contribution is -2.24. The third-order valence-electron chi connectivity index (χ3n) is 2.92. The van der Waals surface area contributed by atoms with Gasteiger partial charge in [-0.15, -0.1) is 0 Å². The average Bonchev–Trinajstić information content (AvgIpc) is 2.45. The molecular formula is C13H15BrF3NO3. The summed E-state index contributed by atoms with van der Waals surface area (Å²) in [5.41, 5.74) is -0.863. The van der Waals surface area contributed by atoms with E-state index >= 15 is 0 Å². The Morgan fingerprint density at radius 3 is 2.81 bits per heavy atom. The van der Waals surface area contributed by atoms with Crippen LogP contribution in [0.2, 0.25) is 0 Å². The van der Waals surface area contributed by atoms with Crippen LogP contribution < -0.4 is 4.74 Å². The van der Waals surface area contributed by atoms with Gasteiger partial charge in [-0.1, -0.05) is 0 Å². The summed E-state index contributed by atoms with van der Waals surface area (Å²) in [5.74, 6) is -0.307. The summed E-state index contributed by atoms with van der Waals surface area (Å²) in [6.07, 6.45) is -0.894. The van der Waals surface area contributed by atoms with Gasteiger partial charge >= 0.3 is 6.18 Å². The van der Waals surface area contributed by atoms with Gasteiger partial charge < -0.3 is 14.2 Å². The van der Waals surface area contributed by atoms with Crippen LogP contribution in [-0.4, -0.2) is 31.1 Å². The minimum absolute atomic E-state index is 0.00620. The number of rotatable bonds is 5. The number of pyridine rings is 1. The topological polar surface area (TPSA) is 40.6 Å². The van der Waals surface area contributed by atoms with Crippen LogP contribution in [0.3, 0.4) is 0 Å². The van der Waals surface area contributed by atoms with Crippen LogP contribution in [0.15, 0.2) is 16.9 Å². The van der Waals surface area contributed by atoms with E-state index in [-0.39, 0.29) is 29.9 Å². The van der Waals surface area contributed by atoms with Crippen molar-refractivity contribution in [2.45, 2.75) is 31.7 Å². The van der Waals surface area contributed by atoms with Crippen molar-refractivity contribution in [1.29, 1.82) is 0 Å². The number of ether oxygens (including phenoxy) is 3. The molecule has 1 saturated heterocycles. The third kappa shape index (κ3) is 5.12. The highest BCUT2D eigenvalue weighted by molar-refractivity contribution is 9.10. The molecule has 21 heavy (non-hydrogen) atoms. The Kier molecular flexibility index (Phi) is 5.83. The summed E-state index contributed by atoms with van der Waals surface area (Å²) in [4.78, 5) is 3.75. The molecule has 0 spiro atoms. The molecule has 1 unspecified atom stereocenters. The van der Waals surface area contributed by atoms with E-state index in [4.69, 9.17) is 14.2 Å². The van der Waals surface area contributed by atoms with Gasteiger partial charge in [0, 0.05) is 6.61 Å². The van der Waals surface area contributed by atoms with E-state index in [1.165, 1.54) is 0 Å². The fourth-order valence-corrected chi connectivity index (χ4v) is 2.26. The van der Waals surface area contributed by atoms with Gasteiger partial charge in [-0.25, -0.2) is 4.98 Å². The van der Waals surface area contributed by atoms with Crippen molar-refractivity contribution in [2.24, 2.45) is 0 Å². The summed E-state index contributed by atoms with van der Waals surface area (Å²) in [5, 5.41) is 0. The Balaban J connectivity index is 1.85. The first-order valence-corrected chi connectivity index (χ1v) is 7.35. The van der Waals surface area contributed by atoms with E-state index in [1.807, 2.05) is 0 Å². The summed E-state index contributed by atoms with van der Waals surface area (Å²) >= 11 is 2.91. The molecule has 2 heterocycles. The molecular weight excluding hydrogens is 355 g/mol. The van der Waals surface area contributed by atoms with Crippen LogP contribution in [0.4, 0.5) is 13.2 Å². The van der Waals surface area contributed by atoms with Crippen LogP contribution in [0, 0.1) is 0 Å². The lowest BCUT2D eigenvalue weighted by Gasteiger charge is -2.22. The number of aromatic nitrogens is 1. The largest absolute Gasteiger partial charge is 0.489 e. The third-order valence-corrected chi connectivity index (χ3v) is 3.36. The second-order valence-corrected chi connectivity index (χ2v) is 5.33. The first-order valence-electron chi connectivity index (χ1n) is 6.55. The molecule has 1 aliphatic heterocycles. The fraction of sp³-hybridized carbons (Fsp3) is 0.615. The Hall–Kier alpha value is -0.860. The highest BCUT2D eigenvalue weighted by Gasteiger charge is 2.35. The molecule has 0 radical (unpaired) electrons. The monoisotopic (exact) mass is 369 g/mol. The normalized spacial score (nSPS) is 19.5. The van der Waals surface area contributed by atoms with E-state index in [2.05, 4.69) is 20.9 Å². The molecule has 0 bridgehead atoms. The molecule has 0 aromatic carbocycles. The minimum Gasteiger partial charge on any atom is -0.489 e. The summed E-state index contributed by atoms with van der Waals surface area (Å²) in [6.45, 7) is 0.824. The maximum absolute atomic E-state index is 12.8. The summed E-state index contributed by atoms with van der Waals surface area (Å²) in [6, 6.07) is 0.889. The molecule has 118 valence electrons. The lowest BCUT2D eigenvalue weighted by atomic mass is 10.2. The van der Waals surface area contributed by atoms with E-state index in [1.54, 1.807) is 0 Å². The zero-order valence-corrected chi connectivity index (χ0v) is 12.7. The van der Waals surface area contributed by atoms with Gasteiger partial charge in [-0.2, -0.15) is 13.2 Å². The highest BCUT2D eigenvalue weighted by Crippen LogP contribution is 2.36. The molecule has 1 aliphatic rings. The lowest BCUT2D eigenvalue weighted by molar-refractivity contribution is -0.166. The van der Waals surface area contributed by atoms with Gasteiger partial charge in [0.25, 0.3) is 0 Å². The van der Waals surface area contributed by atoms with E-state index < -0.39 is 11.7 Å². The Labute approximate surface area is 128 Å². The number of hydrogen-bond donors (Lipinski definition) is 0.